The number of carbonyl (C=O) groups excluding carboxylic acids is 2. The number of hydroxylamine groups is 2. The second-order valence-electron chi connectivity index (χ2n) is 4.79. The van der Waals surface area contributed by atoms with Crippen LogP contribution in [0.5, 0.6) is 0 Å². The largest absolute Gasteiger partial charge is 0.299 e. The van der Waals surface area contributed by atoms with Crippen molar-refractivity contribution in [3.8, 4) is 0 Å². The molecular formula is C13H10N4O3. The fourth-order valence-corrected chi connectivity index (χ4v) is 2.85. The Morgan fingerprint density at radius 1 is 1.20 bits per heavy atom. The summed E-state index contributed by atoms with van der Waals surface area (Å²) in [7, 11) is 1.60. The molecular weight excluding hydrogens is 260 g/mol. The second kappa shape index (κ2) is 3.45. The monoisotopic (exact) mass is 270 g/mol. The number of fused-ring (bicyclic) bond motifs is 5. The lowest BCUT2D eigenvalue weighted by Crippen LogP contribution is -2.46. The maximum atomic E-state index is 12.5. The predicted octanol–water partition coefficient (Wildman–Crippen LogP) is 0.924. The quantitative estimate of drug-likeness (QED) is 0.722. The average Bonchev–Trinajstić information content (AvgIpc) is 2.96. The Morgan fingerprint density at radius 3 is 2.75 bits per heavy atom. The first-order chi connectivity index (χ1) is 9.61. The molecule has 2 aliphatic heterocycles. The number of aromatic nitrogens is 2. The maximum Gasteiger partial charge on any atom is 0.299 e. The van der Waals surface area contributed by atoms with Gasteiger partial charge < -0.3 is 0 Å². The molecule has 0 radical (unpaired) electrons. The summed E-state index contributed by atoms with van der Waals surface area (Å²) in [5.74, 6) is -0.808. The van der Waals surface area contributed by atoms with E-state index in [0.717, 1.165) is 0 Å². The average molecular weight is 270 g/mol. The third kappa shape index (κ3) is 1.11. The summed E-state index contributed by atoms with van der Waals surface area (Å²) in [6.07, 6.45) is 0.652. The third-order valence-electron chi connectivity index (χ3n) is 3.75. The van der Waals surface area contributed by atoms with Crippen LogP contribution < -0.4 is 4.90 Å². The summed E-state index contributed by atoms with van der Waals surface area (Å²) in [5.41, 5.74) is 1.72. The summed E-state index contributed by atoms with van der Waals surface area (Å²) < 4.78 is 1.35. The van der Waals surface area contributed by atoms with Crippen LogP contribution in [0.1, 0.15) is 32.6 Å². The van der Waals surface area contributed by atoms with Crippen molar-refractivity contribution in [1.82, 2.24) is 14.8 Å². The second-order valence-corrected chi connectivity index (χ2v) is 4.79. The fraction of sp³-hybridized carbons (Fsp3) is 0.154. The minimum atomic E-state index is -0.817. The number of aryl methyl sites for hydroxylation is 1. The summed E-state index contributed by atoms with van der Waals surface area (Å²) in [6.45, 7) is 0. The van der Waals surface area contributed by atoms with E-state index < -0.39 is 12.1 Å². The van der Waals surface area contributed by atoms with Crippen molar-refractivity contribution in [2.75, 3.05) is 4.90 Å². The summed E-state index contributed by atoms with van der Waals surface area (Å²) in [6, 6.07) is 6.94. The zero-order chi connectivity index (χ0) is 14.0. The van der Waals surface area contributed by atoms with Crippen molar-refractivity contribution in [3.05, 3.63) is 47.3 Å². The van der Waals surface area contributed by atoms with Gasteiger partial charge in [-0.2, -0.15) is 10.2 Å². The van der Waals surface area contributed by atoms with E-state index in [1.54, 1.807) is 31.3 Å². The van der Waals surface area contributed by atoms with Gasteiger partial charge in [0.05, 0.1) is 11.9 Å². The first kappa shape index (κ1) is 11.2. The normalized spacial score (nSPS) is 20.0. The first-order valence-corrected chi connectivity index (χ1v) is 6.08. The van der Waals surface area contributed by atoms with Crippen LogP contribution >= 0.6 is 0 Å². The van der Waals surface area contributed by atoms with E-state index in [1.165, 1.54) is 15.8 Å². The van der Waals surface area contributed by atoms with E-state index in [-0.39, 0.29) is 11.6 Å². The van der Waals surface area contributed by atoms with Crippen molar-refractivity contribution in [3.63, 3.8) is 0 Å². The number of hydrogen-bond acceptors (Lipinski definition) is 4. The minimum Gasteiger partial charge on any atom is -0.283 e. The number of hydrogen-bond donors (Lipinski definition) is 1. The molecule has 2 aromatic rings. The lowest BCUT2D eigenvalue weighted by Gasteiger charge is -2.35. The highest BCUT2D eigenvalue weighted by Gasteiger charge is 2.49. The highest BCUT2D eigenvalue weighted by atomic mass is 16.5. The third-order valence-corrected chi connectivity index (χ3v) is 3.75. The summed E-state index contributed by atoms with van der Waals surface area (Å²) in [4.78, 5) is 26.1. The fourth-order valence-electron chi connectivity index (χ4n) is 2.85. The van der Waals surface area contributed by atoms with Gasteiger partial charge in [-0.25, -0.2) is 0 Å². The van der Waals surface area contributed by atoms with Crippen molar-refractivity contribution >= 4 is 17.5 Å². The van der Waals surface area contributed by atoms with Gasteiger partial charge in [0.25, 0.3) is 11.8 Å². The highest BCUT2D eigenvalue weighted by Crippen LogP contribution is 2.43. The van der Waals surface area contributed by atoms with Gasteiger partial charge in [-0.15, -0.1) is 0 Å². The van der Waals surface area contributed by atoms with Crippen molar-refractivity contribution in [2.45, 2.75) is 6.17 Å². The molecule has 100 valence electrons. The molecule has 2 amide bonds. The van der Waals surface area contributed by atoms with Gasteiger partial charge in [0.2, 0.25) is 0 Å². The Bertz CT molecular complexity index is 767. The number of anilines is 1. The van der Waals surface area contributed by atoms with Crippen LogP contribution in [0.4, 0.5) is 5.69 Å². The van der Waals surface area contributed by atoms with Crippen LogP contribution in [-0.4, -0.2) is 31.9 Å². The lowest BCUT2D eigenvalue weighted by atomic mass is 10.1. The SMILES string of the molecule is Cn1ncc2c1C(=O)N(O)[C@H]1c3ccccc3C(=O)N21. The zero-order valence-corrected chi connectivity index (χ0v) is 10.5. The summed E-state index contributed by atoms with van der Waals surface area (Å²) in [5, 5.41) is 14.7. The van der Waals surface area contributed by atoms with E-state index in [0.29, 0.717) is 21.9 Å². The molecule has 1 aromatic carbocycles. The van der Waals surface area contributed by atoms with E-state index in [2.05, 4.69) is 5.10 Å². The van der Waals surface area contributed by atoms with Crippen molar-refractivity contribution in [2.24, 2.45) is 7.05 Å². The van der Waals surface area contributed by atoms with Crippen LogP contribution in [-0.2, 0) is 7.05 Å². The van der Waals surface area contributed by atoms with Crippen LogP contribution in [0.15, 0.2) is 30.5 Å². The Balaban J connectivity index is 2.01. The topological polar surface area (TPSA) is 78.7 Å². The molecule has 4 rings (SSSR count). The number of amides is 2. The number of rotatable bonds is 0. The van der Waals surface area contributed by atoms with Gasteiger partial charge in [-0.05, 0) is 6.07 Å². The van der Waals surface area contributed by atoms with Crippen LogP contribution in [0.25, 0.3) is 0 Å². The Kier molecular flexibility index (Phi) is 1.93. The predicted molar refractivity (Wildman–Crippen MR) is 67.2 cm³/mol. The Hall–Kier alpha value is -2.67. The molecule has 0 saturated carbocycles. The smallest absolute Gasteiger partial charge is 0.283 e. The van der Waals surface area contributed by atoms with Crippen molar-refractivity contribution < 1.29 is 14.8 Å². The summed E-state index contributed by atoms with van der Waals surface area (Å²) >= 11 is 0. The Morgan fingerprint density at radius 2 is 1.95 bits per heavy atom. The van der Waals surface area contributed by atoms with Gasteiger partial charge in [0.15, 0.2) is 11.9 Å². The molecule has 1 N–H and O–H groups in total. The molecule has 7 nitrogen and oxygen atoms in total. The lowest BCUT2D eigenvalue weighted by molar-refractivity contribution is -0.0908. The van der Waals surface area contributed by atoms with E-state index in [9.17, 15) is 14.8 Å². The molecule has 2 aliphatic rings. The highest BCUT2D eigenvalue weighted by molar-refractivity contribution is 6.15. The molecule has 0 saturated heterocycles. The molecule has 0 aliphatic carbocycles. The van der Waals surface area contributed by atoms with E-state index in [4.69, 9.17) is 0 Å². The van der Waals surface area contributed by atoms with E-state index in [1.807, 2.05) is 0 Å². The Labute approximate surface area is 113 Å². The molecule has 20 heavy (non-hydrogen) atoms. The van der Waals surface area contributed by atoms with Gasteiger partial charge in [-0.1, -0.05) is 18.2 Å². The maximum absolute atomic E-state index is 12.5. The van der Waals surface area contributed by atoms with Gasteiger partial charge in [0, 0.05) is 18.2 Å². The zero-order valence-electron chi connectivity index (χ0n) is 10.5. The van der Waals surface area contributed by atoms with Crippen LogP contribution in [0.3, 0.4) is 0 Å². The number of nitrogens with zero attached hydrogens (tertiary/aromatic N) is 4. The molecule has 3 heterocycles. The number of carbonyl (C=O) groups is 2. The van der Waals surface area contributed by atoms with Gasteiger partial charge >= 0.3 is 0 Å². The van der Waals surface area contributed by atoms with Crippen LogP contribution in [0.2, 0.25) is 0 Å². The molecule has 0 unspecified atom stereocenters. The molecule has 7 heteroatoms. The molecule has 1 atom stereocenters. The first-order valence-electron chi connectivity index (χ1n) is 6.08. The molecule has 0 bridgehead atoms. The standard InChI is InChI=1S/C13H10N4O3/c1-15-10-9(6-14-15)16-11(17(20)13(10)19)7-4-2-3-5-8(7)12(16)18/h2-6,11,20H,1H3/t11-/m0/s1. The van der Waals surface area contributed by atoms with Crippen molar-refractivity contribution in [1.29, 1.82) is 0 Å². The molecule has 0 spiro atoms. The van der Waals surface area contributed by atoms with Crippen LogP contribution in [0, 0.1) is 0 Å². The van der Waals surface area contributed by atoms with E-state index >= 15 is 0 Å². The van der Waals surface area contributed by atoms with Gasteiger partial charge in [0.1, 0.15) is 0 Å². The van der Waals surface area contributed by atoms with Gasteiger partial charge in [-0.3, -0.25) is 24.4 Å². The minimum absolute atomic E-state index is 0.199. The molecule has 0 fully saturated rings. The number of benzene rings is 1. The molecule has 1 aromatic heterocycles.